The van der Waals surface area contributed by atoms with Crippen molar-refractivity contribution in [1.82, 2.24) is 0 Å². The summed E-state index contributed by atoms with van der Waals surface area (Å²) in [5.74, 6) is -1.35. The lowest BCUT2D eigenvalue weighted by Gasteiger charge is -2.28. The van der Waals surface area contributed by atoms with E-state index in [2.05, 4.69) is 6.92 Å². The lowest BCUT2D eigenvalue weighted by molar-refractivity contribution is -0.134. The molecule has 0 aliphatic heterocycles. The van der Waals surface area contributed by atoms with Gasteiger partial charge in [0, 0.05) is 6.42 Å². The highest BCUT2D eigenvalue weighted by Gasteiger charge is 2.22. The maximum atomic E-state index is 14.2. The third-order valence-electron chi connectivity index (χ3n) is 5.12. The molecule has 0 unspecified atom stereocenters. The first-order valence-electron chi connectivity index (χ1n) is 9.22. The van der Waals surface area contributed by atoms with Crippen LogP contribution in [0, 0.1) is 23.5 Å². The monoisotopic (exact) mass is 338 g/mol. The van der Waals surface area contributed by atoms with Crippen molar-refractivity contribution in [2.24, 2.45) is 11.8 Å². The van der Waals surface area contributed by atoms with Crippen molar-refractivity contribution >= 4 is 5.97 Å². The molecule has 2 rings (SSSR count). The number of benzene rings is 1. The number of rotatable bonds is 7. The number of carbonyl (C=O) groups is 1. The summed E-state index contributed by atoms with van der Waals surface area (Å²) in [6, 6.07) is 2.90. The molecule has 0 saturated heterocycles. The number of aryl methyl sites for hydroxylation is 1. The van der Waals surface area contributed by atoms with Gasteiger partial charge in [0.05, 0.1) is 0 Å². The fourth-order valence-corrected chi connectivity index (χ4v) is 3.62. The van der Waals surface area contributed by atoms with Crippen molar-refractivity contribution in [2.45, 2.75) is 71.6 Å². The maximum Gasteiger partial charge on any atom is 0.311 e. The Morgan fingerprint density at radius 2 is 1.67 bits per heavy atom. The van der Waals surface area contributed by atoms with Crippen LogP contribution >= 0.6 is 0 Å². The normalized spacial score (nSPS) is 20.8. The average Bonchev–Trinajstić information content (AvgIpc) is 2.59. The van der Waals surface area contributed by atoms with Gasteiger partial charge < -0.3 is 4.74 Å². The van der Waals surface area contributed by atoms with E-state index < -0.39 is 17.6 Å². The molecular weight excluding hydrogens is 310 g/mol. The van der Waals surface area contributed by atoms with Crippen LogP contribution in [0.5, 0.6) is 5.75 Å². The number of hydrogen-bond acceptors (Lipinski definition) is 2. The molecule has 0 amide bonds. The molecule has 1 aromatic rings. The summed E-state index contributed by atoms with van der Waals surface area (Å²) in [4.78, 5) is 11.2. The molecule has 0 atom stereocenters. The van der Waals surface area contributed by atoms with Gasteiger partial charge in [-0.05, 0) is 36.3 Å². The van der Waals surface area contributed by atoms with Gasteiger partial charge >= 0.3 is 5.97 Å². The highest BCUT2D eigenvalue weighted by atomic mass is 19.2. The van der Waals surface area contributed by atoms with E-state index >= 15 is 0 Å². The molecule has 1 aliphatic carbocycles. The predicted octanol–water partition coefficient (Wildman–Crippen LogP) is 5.82. The SMILES string of the molecule is CCC[C@H]1CC[C@H](CCc2ccc(OC(=O)CC)c(F)c2F)CC1. The Kier molecular flexibility index (Phi) is 7.19. The summed E-state index contributed by atoms with van der Waals surface area (Å²) >= 11 is 0. The summed E-state index contributed by atoms with van der Waals surface area (Å²) in [5, 5.41) is 0. The Bertz CT molecular complexity index is 549. The quantitative estimate of drug-likeness (QED) is 0.462. The van der Waals surface area contributed by atoms with Gasteiger partial charge in [0.25, 0.3) is 0 Å². The Hall–Kier alpha value is -1.45. The van der Waals surface area contributed by atoms with Gasteiger partial charge in [-0.1, -0.05) is 58.4 Å². The molecule has 0 spiro atoms. The third-order valence-corrected chi connectivity index (χ3v) is 5.12. The minimum absolute atomic E-state index is 0.128. The minimum atomic E-state index is -1.05. The summed E-state index contributed by atoms with van der Waals surface area (Å²) < 4.78 is 33.0. The summed E-state index contributed by atoms with van der Waals surface area (Å²) in [7, 11) is 0. The molecule has 1 aromatic carbocycles. The van der Waals surface area contributed by atoms with Crippen LogP contribution in [-0.2, 0) is 11.2 Å². The van der Waals surface area contributed by atoms with Crippen molar-refractivity contribution in [3.8, 4) is 5.75 Å². The lowest BCUT2D eigenvalue weighted by atomic mass is 9.78. The Morgan fingerprint density at radius 1 is 1.04 bits per heavy atom. The van der Waals surface area contributed by atoms with Crippen molar-refractivity contribution < 1.29 is 18.3 Å². The largest absolute Gasteiger partial charge is 0.423 e. The average molecular weight is 338 g/mol. The second-order valence-electron chi connectivity index (χ2n) is 6.89. The van der Waals surface area contributed by atoms with E-state index in [1.165, 1.54) is 44.6 Å². The minimum Gasteiger partial charge on any atom is -0.423 e. The number of carbonyl (C=O) groups excluding carboxylic acids is 1. The highest BCUT2D eigenvalue weighted by molar-refractivity contribution is 5.72. The summed E-state index contributed by atoms with van der Waals surface area (Å²) in [6.07, 6.45) is 9.03. The van der Waals surface area contributed by atoms with Crippen LogP contribution in [0.25, 0.3) is 0 Å². The zero-order valence-corrected chi connectivity index (χ0v) is 14.7. The van der Waals surface area contributed by atoms with Crippen LogP contribution in [0.15, 0.2) is 12.1 Å². The van der Waals surface area contributed by atoms with Crippen molar-refractivity contribution in [2.75, 3.05) is 0 Å². The number of ether oxygens (including phenoxy) is 1. The smallest absolute Gasteiger partial charge is 0.311 e. The lowest BCUT2D eigenvalue weighted by Crippen LogP contribution is -2.15. The molecular formula is C20H28F2O2. The number of halogens is 2. The first-order chi connectivity index (χ1) is 11.5. The van der Waals surface area contributed by atoms with Crippen LogP contribution < -0.4 is 4.74 Å². The van der Waals surface area contributed by atoms with Crippen LogP contribution in [0.4, 0.5) is 8.78 Å². The van der Waals surface area contributed by atoms with Crippen molar-refractivity contribution in [3.63, 3.8) is 0 Å². The molecule has 0 aromatic heterocycles. The van der Waals surface area contributed by atoms with Gasteiger partial charge in [0.15, 0.2) is 11.6 Å². The Morgan fingerprint density at radius 3 is 2.25 bits per heavy atom. The molecule has 2 nitrogen and oxygen atoms in total. The van der Waals surface area contributed by atoms with Crippen LogP contribution in [0.1, 0.15) is 70.8 Å². The molecule has 0 heterocycles. The van der Waals surface area contributed by atoms with E-state index in [0.29, 0.717) is 17.9 Å². The molecule has 4 heteroatoms. The maximum absolute atomic E-state index is 14.2. The first-order valence-corrected chi connectivity index (χ1v) is 9.22. The third kappa shape index (κ3) is 5.02. The van der Waals surface area contributed by atoms with Crippen LogP contribution in [0.3, 0.4) is 0 Å². The zero-order valence-electron chi connectivity index (χ0n) is 14.7. The van der Waals surface area contributed by atoms with E-state index in [4.69, 9.17) is 4.74 Å². The molecule has 1 saturated carbocycles. The summed E-state index contributed by atoms with van der Waals surface area (Å²) in [5.41, 5.74) is 0.375. The Labute approximate surface area is 143 Å². The first kappa shape index (κ1) is 18.9. The topological polar surface area (TPSA) is 26.3 Å². The second-order valence-corrected chi connectivity index (χ2v) is 6.89. The molecule has 0 bridgehead atoms. The van der Waals surface area contributed by atoms with Crippen LogP contribution in [-0.4, -0.2) is 5.97 Å². The predicted molar refractivity (Wildman–Crippen MR) is 91.0 cm³/mol. The number of esters is 1. The van der Waals surface area contributed by atoms with Gasteiger partial charge in [-0.3, -0.25) is 4.79 Å². The van der Waals surface area contributed by atoms with E-state index in [0.717, 1.165) is 12.3 Å². The van der Waals surface area contributed by atoms with E-state index in [-0.39, 0.29) is 12.2 Å². The molecule has 24 heavy (non-hydrogen) atoms. The van der Waals surface area contributed by atoms with Gasteiger partial charge in [-0.25, -0.2) is 4.39 Å². The molecule has 0 N–H and O–H groups in total. The molecule has 0 radical (unpaired) electrons. The fraction of sp³-hybridized carbons (Fsp3) is 0.650. The van der Waals surface area contributed by atoms with Crippen molar-refractivity contribution in [3.05, 3.63) is 29.3 Å². The van der Waals surface area contributed by atoms with E-state index in [9.17, 15) is 13.6 Å². The standard InChI is InChI=1S/C20H28F2O2/c1-3-5-14-6-8-15(9-7-14)10-11-16-12-13-17(20(22)19(16)21)24-18(23)4-2/h12-15H,3-11H2,1-2H3/t14-,15-. The van der Waals surface area contributed by atoms with E-state index in [1.807, 2.05) is 0 Å². The second kappa shape index (κ2) is 9.14. The van der Waals surface area contributed by atoms with Crippen molar-refractivity contribution in [1.29, 1.82) is 0 Å². The molecule has 134 valence electrons. The number of hydrogen-bond donors (Lipinski definition) is 0. The van der Waals surface area contributed by atoms with Crippen LogP contribution in [0.2, 0.25) is 0 Å². The Balaban J connectivity index is 1.89. The molecule has 1 fully saturated rings. The van der Waals surface area contributed by atoms with Gasteiger partial charge in [-0.15, -0.1) is 0 Å². The fourth-order valence-electron chi connectivity index (χ4n) is 3.62. The van der Waals surface area contributed by atoms with Gasteiger partial charge in [0.1, 0.15) is 0 Å². The van der Waals surface area contributed by atoms with Gasteiger partial charge in [0.2, 0.25) is 5.82 Å². The van der Waals surface area contributed by atoms with E-state index in [1.54, 1.807) is 13.0 Å². The molecule has 1 aliphatic rings. The van der Waals surface area contributed by atoms with Gasteiger partial charge in [-0.2, -0.15) is 4.39 Å². The zero-order chi connectivity index (χ0) is 17.5. The summed E-state index contributed by atoms with van der Waals surface area (Å²) in [6.45, 7) is 3.84. The highest BCUT2D eigenvalue weighted by Crippen LogP contribution is 2.34.